The summed E-state index contributed by atoms with van der Waals surface area (Å²) in [5, 5.41) is 8.54. The zero-order valence-corrected chi connectivity index (χ0v) is 18.5. The number of hydrogen-bond donors (Lipinski definition) is 1. The maximum absolute atomic E-state index is 8.54. The van der Waals surface area contributed by atoms with Crippen LogP contribution in [-0.4, -0.2) is 77.8 Å². The Morgan fingerprint density at radius 2 is 0.821 bits per heavy atom. The molecule has 0 rings (SSSR count). The number of ether oxygens (including phenoxy) is 5. The summed E-state index contributed by atoms with van der Waals surface area (Å²) in [6, 6.07) is 0. The Morgan fingerprint density at radius 3 is 1.25 bits per heavy atom. The number of aliphatic hydroxyl groups is 1. The zero-order chi connectivity index (χ0) is 20.5. The Hall–Kier alpha value is -0.240. The molecular weight excluding hydrogens is 360 g/mol. The van der Waals surface area contributed by atoms with E-state index >= 15 is 0 Å². The highest BCUT2D eigenvalue weighted by Crippen LogP contribution is 2.11. The summed E-state index contributed by atoms with van der Waals surface area (Å²) in [5.74, 6) is 0.850. The molecule has 0 aliphatic carbocycles. The average molecular weight is 407 g/mol. The molecule has 6 heteroatoms. The van der Waals surface area contributed by atoms with Crippen LogP contribution < -0.4 is 0 Å². The number of hydrogen-bond acceptors (Lipinski definition) is 6. The first-order valence-electron chi connectivity index (χ1n) is 11.3. The second-order valence-corrected chi connectivity index (χ2v) is 7.44. The SMILES string of the molecule is CC(C)CCCCCCCCCOCCOCCOCCOCCOCCO. The van der Waals surface area contributed by atoms with Crippen molar-refractivity contribution in [3.05, 3.63) is 0 Å². The first-order valence-corrected chi connectivity index (χ1v) is 11.3. The Balaban J connectivity index is 2.98. The van der Waals surface area contributed by atoms with E-state index in [1.807, 2.05) is 0 Å². The smallest absolute Gasteiger partial charge is 0.0701 e. The molecule has 6 nitrogen and oxygen atoms in total. The van der Waals surface area contributed by atoms with Crippen molar-refractivity contribution in [3.8, 4) is 0 Å². The molecule has 0 aromatic heterocycles. The third-order valence-corrected chi connectivity index (χ3v) is 4.29. The van der Waals surface area contributed by atoms with Gasteiger partial charge in [-0.15, -0.1) is 0 Å². The molecule has 0 bridgehead atoms. The van der Waals surface area contributed by atoms with Crippen LogP contribution in [-0.2, 0) is 23.7 Å². The van der Waals surface area contributed by atoms with Crippen LogP contribution in [0.4, 0.5) is 0 Å². The van der Waals surface area contributed by atoms with Crippen LogP contribution in [0.3, 0.4) is 0 Å². The Kier molecular flexibility index (Phi) is 24.6. The molecule has 0 fully saturated rings. The van der Waals surface area contributed by atoms with Gasteiger partial charge in [0, 0.05) is 6.61 Å². The molecule has 1 N–H and O–H groups in total. The summed E-state index contributed by atoms with van der Waals surface area (Å²) >= 11 is 0. The van der Waals surface area contributed by atoms with E-state index in [2.05, 4.69) is 13.8 Å². The normalized spacial score (nSPS) is 11.6. The zero-order valence-electron chi connectivity index (χ0n) is 18.5. The number of aliphatic hydroxyl groups excluding tert-OH is 1. The van der Waals surface area contributed by atoms with Gasteiger partial charge < -0.3 is 28.8 Å². The van der Waals surface area contributed by atoms with E-state index in [0.717, 1.165) is 18.9 Å². The molecule has 0 heterocycles. The quantitative estimate of drug-likeness (QED) is 0.246. The lowest BCUT2D eigenvalue weighted by molar-refractivity contribution is -0.0134. The Labute approximate surface area is 173 Å². The predicted molar refractivity (Wildman–Crippen MR) is 113 cm³/mol. The van der Waals surface area contributed by atoms with Crippen LogP contribution in [0, 0.1) is 5.92 Å². The van der Waals surface area contributed by atoms with Crippen LogP contribution in [0.2, 0.25) is 0 Å². The van der Waals surface area contributed by atoms with Crippen LogP contribution in [0.15, 0.2) is 0 Å². The molecule has 0 radical (unpaired) electrons. The van der Waals surface area contributed by atoms with Crippen molar-refractivity contribution in [2.24, 2.45) is 5.92 Å². The minimum absolute atomic E-state index is 0.0485. The van der Waals surface area contributed by atoms with Crippen molar-refractivity contribution < 1.29 is 28.8 Å². The van der Waals surface area contributed by atoms with E-state index in [9.17, 15) is 0 Å². The maximum Gasteiger partial charge on any atom is 0.0701 e. The third kappa shape index (κ3) is 25.8. The molecule has 0 saturated heterocycles. The van der Waals surface area contributed by atoms with Crippen LogP contribution >= 0.6 is 0 Å². The average Bonchev–Trinajstić information content (AvgIpc) is 2.68. The first-order chi connectivity index (χ1) is 13.8. The molecular formula is C22H46O6. The highest BCUT2D eigenvalue weighted by Gasteiger charge is 1.96. The molecule has 0 aliphatic heterocycles. The van der Waals surface area contributed by atoms with Gasteiger partial charge in [0.05, 0.1) is 66.1 Å². The van der Waals surface area contributed by atoms with Crippen molar-refractivity contribution in [2.75, 3.05) is 72.7 Å². The fourth-order valence-electron chi connectivity index (χ4n) is 2.69. The second kappa shape index (κ2) is 24.8. The van der Waals surface area contributed by atoms with E-state index in [0.29, 0.717) is 59.5 Å². The third-order valence-electron chi connectivity index (χ3n) is 4.29. The van der Waals surface area contributed by atoms with Crippen molar-refractivity contribution in [1.29, 1.82) is 0 Å². The van der Waals surface area contributed by atoms with Crippen molar-refractivity contribution in [1.82, 2.24) is 0 Å². The Bertz CT molecular complexity index is 276. The molecule has 0 amide bonds. The first kappa shape index (κ1) is 27.8. The standard InChI is InChI=1S/C22H46O6/c1-22(2)10-8-6-4-3-5-7-9-12-24-14-16-26-18-20-28-21-19-27-17-15-25-13-11-23/h22-23H,3-21H2,1-2H3. The summed E-state index contributed by atoms with van der Waals surface area (Å²) in [6.07, 6.45) is 10.7. The molecule has 0 atom stereocenters. The maximum atomic E-state index is 8.54. The van der Waals surface area contributed by atoms with Crippen molar-refractivity contribution in [2.45, 2.75) is 65.2 Å². The van der Waals surface area contributed by atoms with Gasteiger partial charge in [0.15, 0.2) is 0 Å². The van der Waals surface area contributed by atoms with E-state index in [1.54, 1.807) is 0 Å². The largest absolute Gasteiger partial charge is 0.394 e. The molecule has 0 aromatic carbocycles. The van der Waals surface area contributed by atoms with Gasteiger partial charge in [-0.2, -0.15) is 0 Å². The van der Waals surface area contributed by atoms with Gasteiger partial charge in [0.1, 0.15) is 0 Å². The molecule has 0 saturated carbocycles. The van der Waals surface area contributed by atoms with Gasteiger partial charge in [-0.3, -0.25) is 0 Å². The predicted octanol–water partition coefficient (Wildman–Crippen LogP) is 3.84. The van der Waals surface area contributed by atoms with E-state index < -0.39 is 0 Å². The fraction of sp³-hybridized carbons (Fsp3) is 1.00. The van der Waals surface area contributed by atoms with E-state index in [4.69, 9.17) is 28.8 Å². The van der Waals surface area contributed by atoms with Crippen LogP contribution in [0.25, 0.3) is 0 Å². The van der Waals surface area contributed by atoms with Crippen LogP contribution in [0.1, 0.15) is 65.2 Å². The second-order valence-electron chi connectivity index (χ2n) is 7.44. The summed E-state index contributed by atoms with van der Waals surface area (Å²) in [5.41, 5.74) is 0. The Morgan fingerprint density at radius 1 is 0.464 bits per heavy atom. The van der Waals surface area contributed by atoms with Gasteiger partial charge in [0.2, 0.25) is 0 Å². The van der Waals surface area contributed by atoms with E-state index in [-0.39, 0.29) is 6.61 Å². The minimum atomic E-state index is 0.0485. The minimum Gasteiger partial charge on any atom is -0.394 e. The molecule has 0 aromatic rings. The van der Waals surface area contributed by atoms with E-state index in [1.165, 1.54) is 44.9 Å². The number of rotatable bonds is 24. The molecule has 0 aliphatic rings. The van der Waals surface area contributed by atoms with Crippen molar-refractivity contribution >= 4 is 0 Å². The fourth-order valence-corrected chi connectivity index (χ4v) is 2.69. The summed E-state index contributed by atoms with van der Waals surface area (Å²) in [7, 11) is 0. The lowest BCUT2D eigenvalue weighted by Crippen LogP contribution is -2.13. The van der Waals surface area contributed by atoms with Gasteiger partial charge in [-0.1, -0.05) is 58.8 Å². The molecule has 170 valence electrons. The molecule has 28 heavy (non-hydrogen) atoms. The van der Waals surface area contributed by atoms with Crippen molar-refractivity contribution in [3.63, 3.8) is 0 Å². The van der Waals surface area contributed by atoms with Gasteiger partial charge in [0.25, 0.3) is 0 Å². The lowest BCUT2D eigenvalue weighted by Gasteiger charge is -2.08. The topological polar surface area (TPSA) is 66.4 Å². The summed E-state index contributed by atoms with van der Waals surface area (Å²) in [6.45, 7) is 10.4. The molecule has 0 unspecified atom stereocenters. The lowest BCUT2D eigenvalue weighted by atomic mass is 10.0. The summed E-state index contributed by atoms with van der Waals surface area (Å²) in [4.78, 5) is 0. The van der Waals surface area contributed by atoms with Gasteiger partial charge in [-0.05, 0) is 12.3 Å². The summed E-state index contributed by atoms with van der Waals surface area (Å²) < 4.78 is 26.9. The highest BCUT2D eigenvalue weighted by atomic mass is 16.6. The molecule has 0 spiro atoms. The highest BCUT2D eigenvalue weighted by molar-refractivity contribution is 4.49. The van der Waals surface area contributed by atoms with Gasteiger partial charge in [-0.25, -0.2) is 0 Å². The van der Waals surface area contributed by atoms with Gasteiger partial charge >= 0.3 is 0 Å². The van der Waals surface area contributed by atoms with Crippen LogP contribution in [0.5, 0.6) is 0 Å². The number of unbranched alkanes of at least 4 members (excludes halogenated alkanes) is 6. The monoisotopic (exact) mass is 406 g/mol.